The molecule has 0 radical (unpaired) electrons. The molecule has 2 heterocycles. The predicted molar refractivity (Wildman–Crippen MR) is 93.8 cm³/mol. The molecular weight excluding hydrogens is 390 g/mol. The summed E-state index contributed by atoms with van der Waals surface area (Å²) in [6, 6.07) is 6.82. The van der Waals surface area contributed by atoms with Gasteiger partial charge in [-0.05, 0) is 36.8 Å². The van der Waals surface area contributed by atoms with Crippen LogP contribution < -0.4 is 10.2 Å². The van der Waals surface area contributed by atoms with Gasteiger partial charge in [0, 0.05) is 30.9 Å². The molecule has 1 atom stereocenters. The van der Waals surface area contributed by atoms with Gasteiger partial charge in [0.05, 0.1) is 15.6 Å². The van der Waals surface area contributed by atoms with Gasteiger partial charge in [-0.3, -0.25) is 4.79 Å². The molecule has 3 rings (SSSR count). The SMILES string of the molecule is O=C(NC1CCN(c2ccc(C(F)(F)F)cn2)C1)c1ccc(Cl)c(Cl)c1. The van der Waals surface area contributed by atoms with Gasteiger partial charge in [-0.15, -0.1) is 0 Å². The van der Waals surface area contributed by atoms with Crippen molar-refractivity contribution in [3.63, 3.8) is 0 Å². The largest absolute Gasteiger partial charge is 0.417 e. The highest BCUT2D eigenvalue weighted by atomic mass is 35.5. The summed E-state index contributed by atoms with van der Waals surface area (Å²) in [4.78, 5) is 18.0. The second-order valence-corrected chi connectivity index (χ2v) is 6.75. The average Bonchev–Trinajstić information content (AvgIpc) is 3.05. The van der Waals surface area contributed by atoms with Crippen molar-refractivity contribution in [2.45, 2.75) is 18.6 Å². The van der Waals surface area contributed by atoms with Crippen LogP contribution in [0.2, 0.25) is 10.0 Å². The van der Waals surface area contributed by atoms with Crippen molar-refractivity contribution in [3.8, 4) is 0 Å². The van der Waals surface area contributed by atoms with Gasteiger partial charge in [0.2, 0.25) is 0 Å². The third-order valence-corrected chi connectivity index (χ3v) is 4.84. The van der Waals surface area contributed by atoms with E-state index in [0.29, 0.717) is 40.9 Å². The molecule has 2 aromatic rings. The van der Waals surface area contributed by atoms with Crippen LogP contribution in [0, 0.1) is 0 Å². The average molecular weight is 404 g/mol. The molecule has 1 fully saturated rings. The number of anilines is 1. The highest BCUT2D eigenvalue weighted by molar-refractivity contribution is 6.42. The van der Waals surface area contributed by atoms with E-state index in [2.05, 4.69) is 10.3 Å². The number of aromatic nitrogens is 1. The monoisotopic (exact) mass is 403 g/mol. The minimum absolute atomic E-state index is 0.138. The Morgan fingerprint density at radius 3 is 2.58 bits per heavy atom. The molecule has 1 N–H and O–H groups in total. The highest BCUT2D eigenvalue weighted by Crippen LogP contribution is 2.30. The smallest absolute Gasteiger partial charge is 0.354 e. The van der Waals surface area contributed by atoms with Crippen molar-refractivity contribution in [2.75, 3.05) is 18.0 Å². The van der Waals surface area contributed by atoms with E-state index in [4.69, 9.17) is 23.2 Å². The fourth-order valence-corrected chi connectivity index (χ4v) is 3.03. The Labute approximate surface area is 157 Å². The maximum Gasteiger partial charge on any atom is 0.417 e. The predicted octanol–water partition coefficient (Wildman–Crippen LogP) is 4.42. The van der Waals surface area contributed by atoms with Crippen LogP contribution in [0.15, 0.2) is 36.5 Å². The van der Waals surface area contributed by atoms with Crippen LogP contribution in [0.3, 0.4) is 0 Å². The molecule has 138 valence electrons. The quantitative estimate of drug-likeness (QED) is 0.824. The minimum Gasteiger partial charge on any atom is -0.354 e. The lowest BCUT2D eigenvalue weighted by molar-refractivity contribution is -0.137. The standard InChI is InChI=1S/C17H14Cl2F3N3O/c18-13-3-1-10(7-14(13)19)16(26)24-12-5-6-25(9-12)15-4-2-11(8-23-15)17(20,21)22/h1-4,7-8,12H,5-6,9H2,(H,24,26). The van der Waals surface area contributed by atoms with Crippen molar-refractivity contribution in [1.82, 2.24) is 10.3 Å². The number of rotatable bonds is 3. The summed E-state index contributed by atoms with van der Waals surface area (Å²) in [5.74, 6) is 0.167. The molecular formula is C17H14Cl2F3N3O. The zero-order chi connectivity index (χ0) is 18.9. The Morgan fingerprint density at radius 1 is 1.19 bits per heavy atom. The summed E-state index contributed by atoms with van der Waals surface area (Å²) in [5, 5.41) is 3.54. The van der Waals surface area contributed by atoms with Gasteiger partial charge in [0.25, 0.3) is 5.91 Å². The Hall–Kier alpha value is -1.99. The first kappa shape index (κ1) is 18.8. The van der Waals surface area contributed by atoms with Crippen LogP contribution in [0.5, 0.6) is 0 Å². The topological polar surface area (TPSA) is 45.2 Å². The lowest BCUT2D eigenvalue weighted by Crippen LogP contribution is -2.37. The van der Waals surface area contributed by atoms with Gasteiger partial charge in [0.1, 0.15) is 5.82 Å². The lowest BCUT2D eigenvalue weighted by atomic mass is 10.2. The normalized spacial score (nSPS) is 17.4. The van der Waals surface area contributed by atoms with Crippen molar-refractivity contribution < 1.29 is 18.0 Å². The summed E-state index contributed by atoms with van der Waals surface area (Å²) in [6.45, 7) is 1.05. The van der Waals surface area contributed by atoms with Crippen LogP contribution in [-0.4, -0.2) is 30.0 Å². The minimum atomic E-state index is -4.41. The number of pyridine rings is 1. The molecule has 1 aromatic carbocycles. The number of hydrogen-bond acceptors (Lipinski definition) is 3. The van der Waals surface area contributed by atoms with E-state index in [0.717, 1.165) is 12.3 Å². The summed E-state index contributed by atoms with van der Waals surface area (Å²) >= 11 is 11.7. The van der Waals surface area contributed by atoms with Crippen LogP contribution in [0.1, 0.15) is 22.3 Å². The summed E-state index contributed by atoms with van der Waals surface area (Å²) in [5.41, 5.74) is -0.393. The number of carbonyl (C=O) groups excluding carboxylic acids is 1. The first-order valence-corrected chi connectivity index (χ1v) is 8.54. The van der Waals surface area contributed by atoms with Crippen molar-refractivity contribution in [3.05, 3.63) is 57.7 Å². The number of alkyl halides is 3. The second kappa shape index (κ2) is 7.32. The molecule has 4 nitrogen and oxygen atoms in total. The van der Waals surface area contributed by atoms with E-state index in [9.17, 15) is 18.0 Å². The van der Waals surface area contributed by atoms with E-state index >= 15 is 0 Å². The first-order chi connectivity index (χ1) is 12.2. The number of benzene rings is 1. The Balaban J connectivity index is 1.61. The van der Waals surface area contributed by atoms with Gasteiger partial charge in [0.15, 0.2) is 0 Å². The molecule has 1 aliphatic heterocycles. The maximum absolute atomic E-state index is 12.6. The van der Waals surface area contributed by atoms with Crippen molar-refractivity contribution in [1.29, 1.82) is 0 Å². The van der Waals surface area contributed by atoms with Gasteiger partial charge in [-0.1, -0.05) is 23.2 Å². The van der Waals surface area contributed by atoms with Crippen molar-refractivity contribution in [2.24, 2.45) is 0 Å². The van der Waals surface area contributed by atoms with Crippen LogP contribution in [-0.2, 0) is 6.18 Å². The van der Waals surface area contributed by atoms with Gasteiger partial charge in [-0.2, -0.15) is 13.2 Å². The third-order valence-electron chi connectivity index (χ3n) is 4.10. The summed E-state index contributed by atoms with van der Waals surface area (Å²) < 4.78 is 37.8. The molecule has 0 saturated carbocycles. The zero-order valence-electron chi connectivity index (χ0n) is 13.4. The molecule has 9 heteroatoms. The summed E-state index contributed by atoms with van der Waals surface area (Å²) in [7, 11) is 0. The van der Waals surface area contributed by atoms with Gasteiger partial charge in [-0.25, -0.2) is 4.98 Å². The molecule has 1 unspecified atom stereocenters. The van der Waals surface area contributed by atoms with Gasteiger partial charge < -0.3 is 10.2 Å². The number of nitrogens with one attached hydrogen (secondary N) is 1. The number of nitrogens with zero attached hydrogens (tertiary/aromatic N) is 2. The molecule has 0 bridgehead atoms. The van der Waals surface area contributed by atoms with E-state index in [1.165, 1.54) is 12.1 Å². The lowest BCUT2D eigenvalue weighted by Gasteiger charge is -2.18. The molecule has 1 aliphatic rings. The van der Waals surface area contributed by atoms with Crippen LogP contribution in [0.4, 0.5) is 19.0 Å². The number of halogens is 5. The highest BCUT2D eigenvalue weighted by Gasteiger charge is 2.31. The van der Waals surface area contributed by atoms with Crippen molar-refractivity contribution >= 4 is 34.9 Å². The van der Waals surface area contributed by atoms with E-state index in [-0.39, 0.29) is 11.9 Å². The second-order valence-electron chi connectivity index (χ2n) is 5.94. The van der Waals surface area contributed by atoms with E-state index in [1.54, 1.807) is 12.1 Å². The Morgan fingerprint density at radius 2 is 1.96 bits per heavy atom. The van der Waals surface area contributed by atoms with E-state index < -0.39 is 11.7 Å². The fourth-order valence-electron chi connectivity index (χ4n) is 2.73. The van der Waals surface area contributed by atoms with Crippen LogP contribution in [0.25, 0.3) is 0 Å². The number of carbonyl (C=O) groups is 1. The third kappa shape index (κ3) is 4.22. The zero-order valence-corrected chi connectivity index (χ0v) is 14.9. The Kier molecular flexibility index (Phi) is 5.29. The van der Waals surface area contributed by atoms with Crippen LogP contribution >= 0.6 is 23.2 Å². The molecule has 1 amide bonds. The molecule has 0 spiro atoms. The van der Waals surface area contributed by atoms with Gasteiger partial charge >= 0.3 is 6.18 Å². The maximum atomic E-state index is 12.6. The van der Waals surface area contributed by atoms with E-state index in [1.807, 2.05) is 4.90 Å². The number of amides is 1. The molecule has 1 saturated heterocycles. The Bertz CT molecular complexity index is 812. The summed E-state index contributed by atoms with van der Waals surface area (Å²) in [6.07, 6.45) is -2.93. The molecule has 0 aliphatic carbocycles. The molecule has 26 heavy (non-hydrogen) atoms. The number of hydrogen-bond donors (Lipinski definition) is 1. The first-order valence-electron chi connectivity index (χ1n) is 7.78. The molecule has 1 aromatic heterocycles. The fraction of sp³-hybridized carbons (Fsp3) is 0.294.